The zero-order chi connectivity index (χ0) is 18.9. The molecule has 0 aliphatic heterocycles. The first-order chi connectivity index (χ1) is 12.3. The Bertz CT molecular complexity index is 973. The van der Waals surface area contributed by atoms with Crippen molar-refractivity contribution < 1.29 is 22.7 Å². The lowest BCUT2D eigenvalue weighted by Gasteiger charge is -2.18. The van der Waals surface area contributed by atoms with Crippen molar-refractivity contribution in [3.05, 3.63) is 59.1 Å². The molecule has 0 fully saturated rings. The van der Waals surface area contributed by atoms with Gasteiger partial charge in [-0.2, -0.15) is 13.2 Å². The predicted molar refractivity (Wildman–Crippen MR) is 93.4 cm³/mol. The maximum Gasteiger partial charge on any atom is 0.455 e. The molecule has 0 aliphatic carbocycles. The highest BCUT2D eigenvalue weighted by atomic mass is 35.5. The van der Waals surface area contributed by atoms with Crippen molar-refractivity contribution in [1.29, 1.82) is 0 Å². The summed E-state index contributed by atoms with van der Waals surface area (Å²) in [5.41, 5.74) is 0.148. The Morgan fingerprint density at radius 3 is 2.38 bits per heavy atom. The molecule has 0 bridgehead atoms. The molecule has 0 unspecified atom stereocenters. The number of carbonyl (C=O) groups excluding carboxylic acids is 1. The Hall–Kier alpha value is -2.80. The van der Waals surface area contributed by atoms with E-state index in [0.717, 1.165) is 7.11 Å². The van der Waals surface area contributed by atoms with Gasteiger partial charge in [0.15, 0.2) is 0 Å². The van der Waals surface area contributed by atoms with Gasteiger partial charge in [-0.15, -0.1) is 0 Å². The molecule has 1 heterocycles. The number of nitrogens with zero attached hydrogens (tertiary/aromatic N) is 1. The van der Waals surface area contributed by atoms with Gasteiger partial charge in [-0.3, -0.25) is 4.79 Å². The van der Waals surface area contributed by atoms with E-state index in [1.165, 1.54) is 0 Å². The summed E-state index contributed by atoms with van der Waals surface area (Å²) >= 11 is 5.84. The molecule has 0 atom stereocenters. The zero-order valence-electron chi connectivity index (χ0n) is 13.4. The molecule has 26 heavy (non-hydrogen) atoms. The quantitative estimate of drug-likeness (QED) is 0.617. The largest absolute Gasteiger partial charge is 0.480 e. The number of methoxy groups -OCH3 is 1. The van der Waals surface area contributed by atoms with Gasteiger partial charge in [0.1, 0.15) is 5.56 Å². The maximum atomic E-state index is 13.1. The highest BCUT2D eigenvalue weighted by molar-refractivity contribution is 6.30. The number of rotatable bonds is 4. The molecule has 0 spiro atoms. The number of hydrogen-bond donors (Lipinski definition) is 1. The van der Waals surface area contributed by atoms with Gasteiger partial charge in [0.25, 0.3) is 5.78 Å². The first-order valence-electron chi connectivity index (χ1n) is 7.42. The highest BCUT2D eigenvalue weighted by Crippen LogP contribution is 2.38. The Balaban J connectivity index is 2.28. The first kappa shape index (κ1) is 18.0. The Morgan fingerprint density at radius 1 is 1.12 bits per heavy atom. The fraction of sp³-hybridized carbons (Fsp3) is 0.111. The van der Waals surface area contributed by atoms with E-state index < -0.39 is 23.4 Å². The highest BCUT2D eigenvalue weighted by Gasteiger charge is 2.43. The number of para-hydroxylation sites is 1. The molecule has 3 aromatic rings. The SMILES string of the molecule is COc1nc2ccccc2c(Nc2ccc(Cl)cc2)c1C(=O)C(F)(F)F. The summed E-state index contributed by atoms with van der Waals surface area (Å²) < 4.78 is 44.4. The number of ether oxygens (including phenoxy) is 1. The van der Waals surface area contributed by atoms with Crippen molar-refractivity contribution in [3.63, 3.8) is 0 Å². The van der Waals surface area contributed by atoms with E-state index in [2.05, 4.69) is 10.3 Å². The van der Waals surface area contributed by atoms with E-state index in [1.807, 2.05) is 0 Å². The van der Waals surface area contributed by atoms with Crippen LogP contribution in [0.1, 0.15) is 10.4 Å². The van der Waals surface area contributed by atoms with Crippen LogP contribution in [0.4, 0.5) is 24.5 Å². The zero-order valence-corrected chi connectivity index (χ0v) is 14.2. The van der Waals surface area contributed by atoms with Gasteiger partial charge in [-0.05, 0) is 30.3 Å². The van der Waals surface area contributed by atoms with Crippen molar-refractivity contribution in [2.75, 3.05) is 12.4 Å². The van der Waals surface area contributed by atoms with E-state index in [4.69, 9.17) is 16.3 Å². The molecule has 0 radical (unpaired) electrons. The monoisotopic (exact) mass is 380 g/mol. The lowest BCUT2D eigenvalue weighted by Crippen LogP contribution is -2.25. The number of anilines is 2. The van der Waals surface area contributed by atoms with E-state index in [1.54, 1.807) is 48.5 Å². The normalized spacial score (nSPS) is 11.4. The van der Waals surface area contributed by atoms with Gasteiger partial charge >= 0.3 is 6.18 Å². The second-order valence-corrected chi connectivity index (χ2v) is 5.78. The molecule has 0 saturated heterocycles. The minimum absolute atomic E-state index is 0.0305. The topological polar surface area (TPSA) is 51.2 Å². The van der Waals surface area contributed by atoms with E-state index in [-0.39, 0.29) is 5.69 Å². The molecule has 8 heteroatoms. The molecule has 1 aromatic heterocycles. The molecular weight excluding hydrogens is 369 g/mol. The van der Waals surface area contributed by atoms with E-state index in [0.29, 0.717) is 21.6 Å². The fourth-order valence-corrected chi connectivity index (χ4v) is 2.62. The second kappa shape index (κ2) is 6.84. The van der Waals surface area contributed by atoms with E-state index >= 15 is 0 Å². The Kier molecular flexibility index (Phi) is 4.73. The lowest BCUT2D eigenvalue weighted by molar-refractivity contribution is -0.0886. The summed E-state index contributed by atoms with van der Waals surface area (Å²) in [5.74, 6) is -2.44. The number of alkyl halides is 3. The summed E-state index contributed by atoms with van der Waals surface area (Å²) in [6.45, 7) is 0. The van der Waals surface area contributed by atoms with Crippen molar-refractivity contribution in [2.45, 2.75) is 6.18 Å². The average Bonchev–Trinajstić information content (AvgIpc) is 2.61. The summed E-state index contributed by atoms with van der Waals surface area (Å²) in [6.07, 6.45) is -5.08. The lowest BCUT2D eigenvalue weighted by atomic mass is 10.0. The smallest absolute Gasteiger partial charge is 0.455 e. The number of carbonyl (C=O) groups is 1. The number of benzene rings is 2. The maximum absolute atomic E-state index is 13.1. The van der Waals surface area contributed by atoms with Crippen LogP contribution in [0.15, 0.2) is 48.5 Å². The number of halogens is 4. The van der Waals surface area contributed by atoms with Crippen molar-refractivity contribution in [2.24, 2.45) is 0 Å². The van der Waals surface area contributed by atoms with Crippen LogP contribution in [0.3, 0.4) is 0 Å². The summed E-state index contributed by atoms with van der Waals surface area (Å²) in [4.78, 5) is 16.1. The van der Waals surface area contributed by atoms with Gasteiger partial charge in [-0.25, -0.2) is 4.98 Å². The number of Topliss-reactive ketones (excluding diaryl/α,β-unsaturated/α-hetero) is 1. The molecule has 2 aromatic carbocycles. The van der Waals surface area contributed by atoms with Crippen LogP contribution < -0.4 is 10.1 Å². The van der Waals surface area contributed by atoms with Gasteiger partial charge in [-0.1, -0.05) is 29.8 Å². The molecule has 134 valence electrons. The van der Waals surface area contributed by atoms with Crippen molar-refractivity contribution in [3.8, 4) is 5.88 Å². The average molecular weight is 381 g/mol. The number of aromatic nitrogens is 1. The third-order valence-corrected chi connectivity index (χ3v) is 3.90. The van der Waals surface area contributed by atoms with Crippen LogP contribution in [-0.2, 0) is 0 Å². The standard InChI is InChI=1S/C18H12ClF3N2O2/c1-26-17-14(16(25)18(20,21)22)15(12-4-2-3-5-13(12)24-17)23-11-8-6-10(19)7-9-11/h2-9H,1H3,(H,23,24). The number of pyridine rings is 1. The second-order valence-electron chi connectivity index (χ2n) is 5.35. The summed E-state index contributed by atoms with van der Waals surface area (Å²) in [5, 5.41) is 3.70. The Morgan fingerprint density at radius 2 is 1.77 bits per heavy atom. The van der Waals surface area contributed by atoms with Crippen LogP contribution in [-0.4, -0.2) is 24.1 Å². The minimum Gasteiger partial charge on any atom is -0.480 e. The predicted octanol–water partition coefficient (Wildman–Crippen LogP) is 5.39. The first-order valence-corrected chi connectivity index (χ1v) is 7.80. The number of nitrogens with one attached hydrogen (secondary N) is 1. The van der Waals surface area contributed by atoms with Gasteiger partial charge in [0, 0.05) is 16.1 Å². The molecule has 0 saturated carbocycles. The number of hydrogen-bond acceptors (Lipinski definition) is 4. The van der Waals surface area contributed by atoms with Crippen molar-refractivity contribution >= 4 is 39.7 Å². The summed E-state index contributed by atoms with van der Waals surface area (Å²) in [7, 11) is 1.16. The molecular formula is C18H12ClF3N2O2. The van der Waals surface area contributed by atoms with Crippen LogP contribution in [0.25, 0.3) is 10.9 Å². The van der Waals surface area contributed by atoms with E-state index in [9.17, 15) is 18.0 Å². The molecule has 0 amide bonds. The fourth-order valence-electron chi connectivity index (χ4n) is 2.50. The molecule has 3 rings (SSSR count). The van der Waals surface area contributed by atoms with Gasteiger partial charge < -0.3 is 10.1 Å². The van der Waals surface area contributed by atoms with Crippen LogP contribution in [0.2, 0.25) is 5.02 Å². The summed E-state index contributed by atoms with van der Waals surface area (Å²) in [6, 6.07) is 12.9. The number of fused-ring (bicyclic) bond motifs is 1. The van der Waals surface area contributed by atoms with Crippen LogP contribution in [0.5, 0.6) is 5.88 Å². The molecule has 0 aliphatic rings. The minimum atomic E-state index is -5.08. The molecule has 4 nitrogen and oxygen atoms in total. The molecule has 1 N–H and O–H groups in total. The Labute approximate surface area is 151 Å². The van der Waals surface area contributed by atoms with Gasteiger partial charge in [0.05, 0.1) is 18.3 Å². The van der Waals surface area contributed by atoms with Gasteiger partial charge in [0.2, 0.25) is 5.88 Å². The van der Waals surface area contributed by atoms with Crippen molar-refractivity contribution in [1.82, 2.24) is 4.98 Å². The third kappa shape index (κ3) is 3.43. The third-order valence-electron chi connectivity index (χ3n) is 3.65. The van der Waals surface area contributed by atoms with Crippen LogP contribution in [0, 0.1) is 0 Å². The number of ketones is 1. The van der Waals surface area contributed by atoms with Crippen LogP contribution >= 0.6 is 11.6 Å².